The van der Waals surface area contributed by atoms with Crippen molar-refractivity contribution in [3.63, 3.8) is 0 Å². The van der Waals surface area contributed by atoms with Crippen LogP contribution in [0.1, 0.15) is 50.4 Å². The number of aromatic nitrogens is 1. The number of carbonyl (C=O) groups excluding carboxylic acids is 1. The van der Waals surface area contributed by atoms with Gasteiger partial charge in [0.25, 0.3) is 0 Å². The predicted octanol–water partition coefficient (Wildman–Crippen LogP) is 4.03. The van der Waals surface area contributed by atoms with Gasteiger partial charge in [0.1, 0.15) is 5.82 Å². The molecule has 0 aliphatic rings. The maximum atomic E-state index is 12.3. The maximum Gasteiger partial charge on any atom is 0.223 e. The number of nitrogen functional groups attached to an aromatic ring is 1. The van der Waals surface area contributed by atoms with E-state index in [1.807, 2.05) is 26.8 Å². The molecule has 0 fully saturated rings. The molecule has 7 heteroatoms. The van der Waals surface area contributed by atoms with Crippen molar-refractivity contribution in [2.24, 2.45) is 0 Å². The van der Waals surface area contributed by atoms with Gasteiger partial charge < -0.3 is 15.7 Å². The van der Waals surface area contributed by atoms with Crippen molar-refractivity contribution in [2.45, 2.75) is 54.0 Å². The minimum atomic E-state index is -0.0478. The van der Waals surface area contributed by atoms with Gasteiger partial charge >= 0.3 is 0 Å². The number of rotatable bonds is 9. The first-order chi connectivity index (χ1) is 11.8. The van der Waals surface area contributed by atoms with Crippen LogP contribution < -0.4 is 5.73 Å². The number of aliphatic hydroxyl groups is 1. The summed E-state index contributed by atoms with van der Waals surface area (Å²) in [7, 11) is 3.39. The number of pyridine rings is 1. The fraction of sp³-hybridized carbons (Fsp3) is 0.556. The number of nitrogens with zero attached hydrogens (tertiary/aromatic N) is 2. The average Bonchev–Trinajstić information content (AvgIpc) is 2.52. The van der Waals surface area contributed by atoms with E-state index in [1.54, 1.807) is 33.4 Å². The molecule has 0 unspecified atom stereocenters. The summed E-state index contributed by atoms with van der Waals surface area (Å²) >= 11 is 0. The molecule has 0 bridgehead atoms. The zero-order valence-corrected chi connectivity index (χ0v) is 17.4. The lowest BCUT2D eigenvalue weighted by atomic mass is 10.1. The van der Waals surface area contributed by atoms with Crippen LogP contribution in [0.2, 0.25) is 0 Å². The van der Waals surface area contributed by atoms with E-state index in [9.17, 15) is 9.90 Å². The van der Waals surface area contributed by atoms with E-state index in [1.165, 1.54) is 0 Å². The molecule has 1 amide bonds. The number of hydrogen-bond donors (Lipinski definition) is 2. The third kappa shape index (κ3) is 6.56. The Morgan fingerprint density at radius 3 is 2.56 bits per heavy atom. The molecule has 1 heterocycles. The van der Waals surface area contributed by atoms with E-state index in [4.69, 9.17) is 5.73 Å². The minimum absolute atomic E-state index is 0.0478. The Balaban J connectivity index is 3.16. The van der Waals surface area contributed by atoms with Crippen molar-refractivity contribution in [3.05, 3.63) is 33.5 Å². The molecule has 1 aromatic rings. The quantitative estimate of drug-likeness (QED) is 0.495. The summed E-state index contributed by atoms with van der Waals surface area (Å²) in [4.78, 5) is 19.3. The first kappa shape index (κ1) is 21.9. The third-order valence-corrected chi connectivity index (χ3v) is 6.65. The number of nitrogens with two attached hydrogens (primary N) is 1. The van der Waals surface area contributed by atoms with Crippen LogP contribution in [0.3, 0.4) is 0 Å². The molecular formula is C18H29N3O2S2. The number of carbonyl (C=O) groups is 1. The van der Waals surface area contributed by atoms with Gasteiger partial charge in [-0.1, -0.05) is 28.5 Å². The second-order valence-electron chi connectivity index (χ2n) is 5.94. The lowest BCUT2D eigenvalue weighted by molar-refractivity contribution is -0.127. The van der Waals surface area contributed by atoms with E-state index in [-0.39, 0.29) is 12.5 Å². The number of aliphatic hydroxyl groups excluding tert-OH is 1. The van der Waals surface area contributed by atoms with E-state index in [0.29, 0.717) is 18.8 Å². The van der Waals surface area contributed by atoms with Crippen molar-refractivity contribution in [1.82, 2.24) is 9.88 Å². The number of amides is 1. The topological polar surface area (TPSA) is 79.4 Å². The Bertz CT molecular complexity index is 610. The van der Waals surface area contributed by atoms with Crippen LogP contribution in [-0.4, -0.2) is 33.3 Å². The fourth-order valence-corrected chi connectivity index (χ4v) is 5.04. The van der Waals surface area contributed by atoms with Crippen LogP contribution >= 0.6 is 21.6 Å². The summed E-state index contributed by atoms with van der Waals surface area (Å²) < 4.78 is 0. The molecule has 1 aromatic heterocycles. The summed E-state index contributed by atoms with van der Waals surface area (Å²) in [5.74, 6) is 1.45. The molecule has 0 saturated carbocycles. The molecule has 0 radical (unpaired) electrons. The van der Waals surface area contributed by atoms with Gasteiger partial charge in [0, 0.05) is 47.6 Å². The van der Waals surface area contributed by atoms with Gasteiger partial charge in [-0.25, -0.2) is 4.98 Å². The molecule has 1 rings (SSSR count). The maximum absolute atomic E-state index is 12.3. The molecule has 0 aliphatic carbocycles. The van der Waals surface area contributed by atoms with Crippen LogP contribution in [0, 0.1) is 13.8 Å². The van der Waals surface area contributed by atoms with Crippen LogP contribution in [0.4, 0.5) is 5.82 Å². The molecule has 140 valence electrons. The van der Waals surface area contributed by atoms with Crippen LogP contribution in [0.5, 0.6) is 0 Å². The summed E-state index contributed by atoms with van der Waals surface area (Å²) in [5, 5.41) is 9.38. The van der Waals surface area contributed by atoms with Gasteiger partial charge in [-0.15, -0.1) is 0 Å². The highest BCUT2D eigenvalue weighted by Gasteiger charge is 2.19. The van der Waals surface area contributed by atoms with Gasteiger partial charge in [0.15, 0.2) is 0 Å². The zero-order chi connectivity index (χ0) is 19.0. The summed E-state index contributed by atoms with van der Waals surface area (Å²) in [6.45, 7) is 9.95. The lowest BCUT2D eigenvalue weighted by Crippen LogP contribution is -2.28. The second-order valence-corrected chi connectivity index (χ2v) is 8.45. The lowest BCUT2D eigenvalue weighted by Gasteiger charge is -2.26. The first-order valence-electron chi connectivity index (χ1n) is 8.42. The Hall–Kier alpha value is -1.18. The Labute approximate surface area is 158 Å². The van der Waals surface area contributed by atoms with Gasteiger partial charge in [0.2, 0.25) is 5.91 Å². The Morgan fingerprint density at radius 1 is 1.36 bits per heavy atom. The standard InChI is InChI=1S/C18H29N3O2S2/c1-6-9-24-25-17(7-8-22)14(4)21(15(5)23)11-16-12(2)10-13(3)20-18(16)19/h10,22H,6-9,11H2,1-5H3,(H2,19,20)/b17-14-. The van der Waals surface area contributed by atoms with Gasteiger partial charge in [-0.2, -0.15) is 0 Å². The smallest absolute Gasteiger partial charge is 0.223 e. The van der Waals surface area contributed by atoms with Crippen LogP contribution in [0.25, 0.3) is 0 Å². The highest BCUT2D eigenvalue weighted by atomic mass is 33.1. The number of hydrogen-bond acceptors (Lipinski definition) is 6. The number of anilines is 1. The van der Waals surface area contributed by atoms with Gasteiger partial charge in [-0.3, -0.25) is 4.79 Å². The summed E-state index contributed by atoms with van der Waals surface area (Å²) in [6.07, 6.45) is 1.63. The predicted molar refractivity (Wildman–Crippen MR) is 109 cm³/mol. The van der Waals surface area contributed by atoms with Gasteiger partial charge in [0.05, 0.1) is 6.54 Å². The SMILES string of the molecule is CCCSS/C(CCO)=C(/C)N(Cc1c(C)cc(C)nc1N)C(C)=O. The monoisotopic (exact) mass is 383 g/mol. The molecule has 0 atom stereocenters. The Kier molecular flexibility index (Phi) is 9.38. The molecule has 25 heavy (non-hydrogen) atoms. The van der Waals surface area contributed by atoms with E-state index < -0.39 is 0 Å². The fourth-order valence-electron chi connectivity index (χ4n) is 2.45. The first-order valence-corrected chi connectivity index (χ1v) is 10.7. The average molecular weight is 384 g/mol. The zero-order valence-electron chi connectivity index (χ0n) is 15.8. The molecule has 0 aromatic carbocycles. The highest BCUT2D eigenvalue weighted by molar-refractivity contribution is 8.78. The van der Waals surface area contributed by atoms with E-state index >= 15 is 0 Å². The molecule has 3 N–H and O–H groups in total. The van der Waals surface area contributed by atoms with Gasteiger partial charge in [-0.05, 0) is 38.8 Å². The normalized spacial score (nSPS) is 12.1. The van der Waals surface area contributed by atoms with Crippen molar-refractivity contribution < 1.29 is 9.90 Å². The van der Waals surface area contributed by atoms with E-state index in [0.717, 1.165) is 39.6 Å². The van der Waals surface area contributed by atoms with Crippen molar-refractivity contribution >= 4 is 33.3 Å². The molecular weight excluding hydrogens is 354 g/mol. The second kappa shape index (κ2) is 10.7. The van der Waals surface area contributed by atoms with Crippen LogP contribution in [0.15, 0.2) is 16.7 Å². The molecule has 5 nitrogen and oxygen atoms in total. The highest BCUT2D eigenvalue weighted by Crippen LogP contribution is 2.36. The molecule has 0 saturated heterocycles. The van der Waals surface area contributed by atoms with Crippen molar-refractivity contribution in [1.29, 1.82) is 0 Å². The molecule has 0 spiro atoms. The summed E-state index contributed by atoms with van der Waals surface area (Å²) in [5.41, 5.74) is 9.73. The third-order valence-electron chi connectivity index (χ3n) is 3.80. The molecule has 0 aliphatic heterocycles. The van der Waals surface area contributed by atoms with Crippen LogP contribution in [-0.2, 0) is 11.3 Å². The number of allylic oxidation sites excluding steroid dienone is 1. The summed E-state index contributed by atoms with van der Waals surface area (Å²) in [6, 6.07) is 1.98. The van der Waals surface area contributed by atoms with Crippen molar-refractivity contribution in [2.75, 3.05) is 18.1 Å². The minimum Gasteiger partial charge on any atom is -0.396 e. The van der Waals surface area contributed by atoms with E-state index in [2.05, 4.69) is 11.9 Å². The Morgan fingerprint density at radius 2 is 2.04 bits per heavy atom. The van der Waals surface area contributed by atoms with Crippen molar-refractivity contribution in [3.8, 4) is 0 Å². The number of aryl methyl sites for hydroxylation is 2. The largest absolute Gasteiger partial charge is 0.396 e.